The van der Waals surface area contributed by atoms with Crippen LogP contribution < -0.4 is 0 Å². The summed E-state index contributed by atoms with van der Waals surface area (Å²) in [6.45, 7) is 2.02. The molecule has 1 aliphatic carbocycles. The lowest BCUT2D eigenvalue weighted by molar-refractivity contribution is -0.119. The summed E-state index contributed by atoms with van der Waals surface area (Å²) in [6, 6.07) is 7.94. The molecule has 1 aliphatic rings. The zero-order valence-corrected chi connectivity index (χ0v) is 12.2. The first kappa shape index (κ1) is 13.4. The molecule has 1 saturated carbocycles. The molecule has 1 heterocycles. The standard InChI is InChI=1S/C15H16N2O2S/c1-10-5-4-6-11(9-10)14-16-17-15(19-14)20-13-8-3-2-7-12(13)18/h4-6,9,13H,2-3,7-8H2,1H3/t13-/m0/s1. The van der Waals surface area contributed by atoms with E-state index in [4.69, 9.17) is 4.42 Å². The van der Waals surface area contributed by atoms with Crippen LogP contribution in [-0.4, -0.2) is 21.2 Å². The van der Waals surface area contributed by atoms with Crippen LogP contribution in [0.5, 0.6) is 0 Å². The lowest BCUT2D eigenvalue weighted by atomic mass is 9.99. The second-order valence-corrected chi connectivity index (χ2v) is 6.22. The molecule has 5 heteroatoms. The number of nitrogens with zero attached hydrogens (tertiary/aromatic N) is 2. The van der Waals surface area contributed by atoms with E-state index in [-0.39, 0.29) is 5.25 Å². The Morgan fingerprint density at radius 1 is 1.30 bits per heavy atom. The van der Waals surface area contributed by atoms with Crippen LogP contribution >= 0.6 is 11.8 Å². The summed E-state index contributed by atoms with van der Waals surface area (Å²) in [5.41, 5.74) is 2.07. The molecule has 0 aliphatic heterocycles. The van der Waals surface area contributed by atoms with Gasteiger partial charge >= 0.3 is 0 Å². The highest BCUT2D eigenvalue weighted by Gasteiger charge is 2.25. The molecule has 104 valence electrons. The first-order chi connectivity index (χ1) is 9.72. The molecular formula is C15H16N2O2S. The Labute approximate surface area is 122 Å². The van der Waals surface area contributed by atoms with Crippen LogP contribution in [0.25, 0.3) is 11.5 Å². The van der Waals surface area contributed by atoms with E-state index in [0.717, 1.165) is 30.4 Å². The van der Waals surface area contributed by atoms with E-state index in [2.05, 4.69) is 10.2 Å². The first-order valence-electron chi connectivity index (χ1n) is 6.82. The van der Waals surface area contributed by atoms with Gasteiger partial charge in [0.25, 0.3) is 5.22 Å². The molecule has 0 radical (unpaired) electrons. The van der Waals surface area contributed by atoms with Gasteiger partial charge in [-0.3, -0.25) is 4.79 Å². The minimum atomic E-state index is -0.0189. The van der Waals surface area contributed by atoms with Gasteiger partial charge in [-0.1, -0.05) is 35.9 Å². The third-order valence-corrected chi connectivity index (χ3v) is 4.56. The van der Waals surface area contributed by atoms with Crippen LogP contribution in [-0.2, 0) is 4.79 Å². The summed E-state index contributed by atoms with van der Waals surface area (Å²) in [5, 5.41) is 8.58. The number of hydrogen-bond acceptors (Lipinski definition) is 5. The Morgan fingerprint density at radius 3 is 3.00 bits per heavy atom. The van der Waals surface area contributed by atoms with Crippen molar-refractivity contribution in [3.8, 4) is 11.5 Å². The molecule has 20 heavy (non-hydrogen) atoms. The molecular weight excluding hydrogens is 272 g/mol. The van der Waals surface area contributed by atoms with Crippen molar-refractivity contribution < 1.29 is 9.21 Å². The number of Topliss-reactive ketones (excluding diaryl/α,β-unsaturated/α-hetero) is 1. The second-order valence-electron chi connectivity index (χ2n) is 5.06. The average Bonchev–Trinajstić information content (AvgIpc) is 2.90. The van der Waals surface area contributed by atoms with E-state index in [1.165, 1.54) is 11.8 Å². The quantitative estimate of drug-likeness (QED) is 0.863. The smallest absolute Gasteiger partial charge is 0.277 e. The van der Waals surface area contributed by atoms with Gasteiger partial charge in [-0.15, -0.1) is 10.2 Å². The minimum absolute atomic E-state index is 0.0189. The predicted molar refractivity (Wildman–Crippen MR) is 77.6 cm³/mol. The van der Waals surface area contributed by atoms with Crippen molar-refractivity contribution in [2.75, 3.05) is 0 Å². The molecule has 0 spiro atoms. The lowest BCUT2D eigenvalue weighted by Crippen LogP contribution is -2.21. The molecule has 1 fully saturated rings. The molecule has 0 N–H and O–H groups in total. The van der Waals surface area contributed by atoms with Gasteiger partial charge in [0.15, 0.2) is 0 Å². The Hall–Kier alpha value is -1.62. The maximum Gasteiger partial charge on any atom is 0.277 e. The van der Waals surface area contributed by atoms with Crippen LogP contribution in [0.3, 0.4) is 0 Å². The van der Waals surface area contributed by atoms with Gasteiger partial charge in [-0.2, -0.15) is 0 Å². The number of ketones is 1. The Bertz CT molecular complexity index is 624. The molecule has 1 aromatic carbocycles. The monoisotopic (exact) mass is 288 g/mol. The van der Waals surface area contributed by atoms with Gasteiger partial charge in [0.05, 0.1) is 5.25 Å². The topological polar surface area (TPSA) is 56.0 Å². The van der Waals surface area contributed by atoms with Gasteiger partial charge in [0, 0.05) is 12.0 Å². The molecule has 0 saturated heterocycles. The molecule has 4 nitrogen and oxygen atoms in total. The molecule has 2 aromatic rings. The number of hydrogen-bond donors (Lipinski definition) is 0. The lowest BCUT2D eigenvalue weighted by Gasteiger charge is -2.17. The zero-order chi connectivity index (χ0) is 13.9. The summed E-state index contributed by atoms with van der Waals surface area (Å²) in [5.74, 6) is 0.816. The highest BCUT2D eigenvalue weighted by atomic mass is 32.2. The van der Waals surface area contributed by atoms with Gasteiger partial charge in [0.2, 0.25) is 5.89 Å². The van der Waals surface area contributed by atoms with Gasteiger partial charge < -0.3 is 4.42 Å². The molecule has 0 unspecified atom stereocenters. The first-order valence-corrected chi connectivity index (χ1v) is 7.70. The Kier molecular flexibility index (Phi) is 3.87. The molecule has 0 bridgehead atoms. The van der Waals surface area contributed by atoms with E-state index in [0.29, 0.717) is 23.3 Å². The van der Waals surface area contributed by atoms with Crippen LogP contribution in [0, 0.1) is 6.92 Å². The zero-order valence-electron chi connectivity index (χ0n) is 11.3. The van der Waals surface area contributed by atoms with Crippen molar-refractivity contribution in [2.24, 2.45) is 0 Å². The summed E-state index contributed by atoms with van der Waals surface area (Å²) >= 11 is 1.40. The van der Waals surface area contributed by atoms with Gasteiger partial charge in [-0.05, 0) is 31.9 Å². The highest BCUT2D eigenvalue weighted by Crippen LogP contribution is 2.32. The third-order valence-electron chi connectivity index (χ3n) is 3.41. The van der Waals surface area contributed by atoms with Gasteiger partial charge in [-0.25, -0.2) is 0 Å². The summed E-state index contributed by atoms with van der Waals surface area (Å²) in [7, 11) is 0. The average molecular weight is 288 g/mol. The number of thioether (sulfide) groups is 1. The Balaban J connectivity index is 1.75. The summed E-state index contributed by atoms with van der Waals surface area (Å²) in [4.78, 5) is 11.8. The fourth-order valence-corrected chi connectivity index (χ4v) is 3.34. The maximum atomic E-state index is 11.8. The van der Waals surface area contributed by atoms with E-state index < -0.39 is 0 Å². The van der Waals surface area contributed by atoms with Crippen molar-refractivity contribution >= 4 is 17.5 Å². The van der Waals surface area contributed by atoms with Crippen LogP contribution in [0.4, 0.5) is 0 Å². The van der Waals surface area contributed by atoms with E-state index in [1.54, 1.807) is 0 Å². The molecule has 1 atom stereocenters. The predicted octanol–water partition coefficient (Wildman–Crippen LogP) is 3.65. The summed E-state index contributed by atoms with van der Waals surface area (Å²) < 4.78 is 5.66. The van der Waals surface area contributed by atoms with Crippen molar-refractivity contribution in [1.82, 2.24) is 10.2 Å². The van der Waals surface area contributed by atoms with Crippen LogP contribution in [0.15, 0.2) is 33.9 Å². The number of benzene rings is 1. The van der Waals surface area contributed by atoms with Gasteiger partial charge in [0.1, 0.15) is 5.78 Å². The second kappa shape index (κ2) is 5.79. The number of aryl methyl sites for hydroxylation is 1. The number of carbonyl (C=O) groups excluding carboxylic acids is 1. The molecule has 3 rings (SSSR count). The number of aromatic nitrogens is 2. The van der Waals surface area contributed by atoms with Crippen molar-refractivity contribution in [3.63, 3.8) is 0 Å². The number of rotatable bonds is 3. The third kappa shape index (κ3) is 2.93. The maximum absolute atomic E-state index is 11.8. The van der Waals surface area contributed by atoms with Crippen molar-refractivity contribution in [2.45, 2.75) is 43.1 Å². The fourth-order valence-electron chi connectivity index (χ4n) is 2.35. The van der Waals surface area contributed by atoms with Crippen molar-refractivity contribution in [1.29, 1.82) is 0 Å². The van der Waals surface area contributed by atoms with E-state index >= 15 is 0 Å². The van der Waals surface area contributed by atoms with Crippen molar-refractivity contribution in [3.05, 3.63) is 29.8 Å². The SMILES string of the molecule is Cc1cccc(-c2nnc(S[C@H]3CCCCC3=O)o2)c1. The molecule has 1 aromatic heterocycles. The van der Waals surface area contributed by atoms with Crippen LogP contribution in [0.2, 0.25) is 0 Å². The van der Waals surface area contributed by atoms with E-state index in [9.17, 15) is 4.79 Å². The van der Waals surface area contributed by atoms with Crippen LogP contribution in [0.1, 0.15) is 31.2 Å². The Morgan fingerprint density at radius 2 is 2.20 bits per heavy atom. The highest BCUT2D eigenvalue weighted by molar-refractivity contribution is 8.00. The normalized spacial score (nSPS) is 19.2. The number of carbonyl (C=O) groups is 1. The molecule has 0 amide bonds. The largest absolute Gasteiger partial charge is 0.411 e. The minimum Gasteiger partial charge on any atom is -0.411 e. The van der Waals surface area contributed by atoms with E-state index in [1.807, 2.05) is 31.2 Å². The summed E-state index contributed by atoms with van der Waals surface area (Å²) in [6.07, 6.45) is 3.69. The fraction of sp³-hybridized carbons (Fsp3) is 0.400.